The first-order valence-corrected chi connectivity index (χ1v) is 8.43. The third kappa shape index (κ3) is 5.04. The van der Waals surface area contributed by atoms with Gasteiger partial charge in [0, 0.05) is 0 Å². The standard InChI is InChI=1S/C20H18N4O4/c21-18(23-20(26)28-13-15-9-5-2-6-10-15)17-16(11-22-24-17)19(25)27-12-14-7-3-1-4-8-14/h1-11H,12-13H2,(H,22,24)(H2,21,23,26). The molecule has 3 N–H and O–H groups in total. The Morgan fingerprint density at radius 2 is 1.50 bits per heavy atom. The molecule has 0 saturated carbocycles. The van der Waals surface area contributed by atoms with Crippen LogP contribution in [0.4, 0.5) is 4.79 Å². The predicted molar refractivity (Wildman–Crippen MR) is 102 cm³/mol. The van der Waals surface area contributed by atoms with Crippen molar-refractivity contribution in [1.29, 1.82) is 0 Å². The Morgan fingerprint density at radius 1 is 0.929 bits per heavy atom. The molecule has 0 fully saturated rings. The Labute approximate surface area is 161 Å². The van der Waals surface area contributed by atoms with Crippen LogP contribution in [-0.4, -0.2) is 28.1 Å². The lowest BCUT2D eigenvalue weighted by molar-refractivity contribution is 0.0472. The van der Waals surface area contributed by atoms with Crippen LogP contribution in [0.25, 0.3) is 0 Å². The van der Waals surface area contributed by atoms with E-state index in [4.69, 9.17) is 15.2 Å². The lowest BCUT2D eigenvalue weighted by atomic mass is 10.2. The number of rotatable bonds is 6. The van der Waals surface area contributed by atoms with E-state index in [1.807, 2.05) is 60.7 Å². The van der Waals surface area contributed by atoms with Gasteiger partial charge in [-0.1, -0.05) is 60.7 Å². The summed E-state index contributed by atoms with van der Waals surface area (Å²) in [6.45, 7) is 0.159. The summed E-state index contributed by atoms with van der Waals surface area (Å²) in [5, 5.41) is 6.33. The quantitative estimate of drug-likeness (QED) is 0.387. The number of amidine groups is 1. The second-order valence-corrected chi connectivity index (χ2v) is 5.76. The maximum absolute atomic E-state index is 12.3. The minimum absolute atomic E-state index is 0.0609. The molecular weight excluding hydrogens is 360 g/mol. The third-order valence-electron chi connectivity index (χ3n) is 3.75. The molecule has 142 valence electrons. The summed E-state index contributed by atoms with van der Waals surface area (Å²) in [6, 6.07) is 18.4. The molecule has 8 heteroatoms. The number of carbonyl (C=O) groups excluding carboxylic acids is 2. The van der Waals surface area contributed by atoms with Crippen molar-refractivity contribution in [2.45, 2.75) is 13.2 Å². The number of aliphatic imine (C=N–C) groups is 1. The van der Waals surface area contributed by atoms with Crippen LogP contribution in [0.1, 0.15) is 27.2 Å². The Balaban J connectivity index is 1.61. The van der Waals surface area contributed by atoms with E-state index in [9.17, 15) is 9.59 Å². The number of ether oxygens (including phenoxy) is 2. The second kappa shape index (κ2) is 9.13. The molecule has 0 aliphatic heterocycles. The van der Waals surface area contributed by atoms with E-state index in [2.05, 4.69) is 15.2 Å². The zero-order valence-electron chi connectivity index (χ0n) is 14.9. The number of H-pyrrole nitrogens is 1. The molecule has 3 rings (SSSR count). The molecule has 0 aliphatic carbocycles. The fraction of sp³-hybridized carbons (Fsp3) is 0.100. The number of benzene rings is 2. The van der Waals surface area contributed by atoms with Crippen LogP contribution in [0.5, 0.6) is 0 Å². The van der Waals surface area contributed by atoms with Crippen LogP contribution >= 0.6 is 0 Å². The fourth-order valence-electron chi connectivity index (χ4n) is 2.34. The third-order valence-corrected chi connectivity index (χ3v) is 3.75. The summed E-state index contributed by atoms with van der Waals surface area (Å²) >= 11 is 0. The molecule has 0 unspecified atom stereocenters. The average molecular weight is 378 g/mol. The largest absolute Gasteiger partial charge is 0.457 e. The molecule has 0 bridgehead atoms. The first-order chi connectivity index (χ1) is 13.6. The maximum Gasteiger partial charge on any atom is 0.435 e. The molecule has 1 amide bonds. The molecular formula is C20H18N4O4. The molecule has 3 aromatic rings. The smallest absolute Gasteiger partial charge is 0.435 e. The number of nitrogens with one attached hydrogen (secondary N) is 1. The van der Waals surface area contributed by atoms with E-state index in [1.165, 1.54) is 6.20 Å². The van der Waals surface area contributed by atoms with E-state index in [0.29, 0.717) is 0 Å². The zero-order chi connectivity index (χ0) is 19.8. The van der Waals surface area contributed by atoms with Crippen molar-refractivity contribution in [1.82, 2.24) is 10.2 Å². The van der Waals surface area contributed by atoms with E-state index in [-0.39, 0.29) is 30.3 Å². The molecule has 0 saturated heterocycles. The topological polar surface area (TPSA) is 120 Å². The van der Waals surface area contributed by atoms with Gasteiger partial charge in [0.2, 0.25) is 0 Å². The summed E-state index contributed by atoms with van der Waals surface area (Å²) in [7, 11) is 0. The monoisotopic (exact) mass is 378 g/mol. The van der Waals surface area contributed by atoms with Gasteiger partial charge < -0.3 is 15.2 Å². The van der Waals surface area contributed by atoms with Gasteiger partial charge in [-0.2, -0.15) is 10.1 Å². The van der Waals surface area contributed by atoms with Crippen molar-refractivity contribution in [2.24, 2.45) is 10.7 Å². The molecule has 0 spiro atoms. The highest BCUT2D eigenvalue weighted by atomic mass is 16.5. The maximum atomic E-state index is 12.3. The van der Waals surface area contributed by atoms with Gasteiger partial charge >= 0.3 is 12.1 Å². The molecule has 0 radical (unpaired) electrons. The van der Waals surface area contributed by atoms with E-state index < -0.39 is 12.1 Å². The number of carbonyl (C=O) groups is 2. The number of amides is 1. The highest BCUT2D eigenvalue weighted by Gasteiger charge is 2.19. The van der Waals surface area contributed by atoms with E-state index in [0.717, 1.165) is 11.1 Å². The minimum atomic E-state index is -0.875. The number of nitrogens with zero attached hydrogens (tertiary/aromatic N) is 2. The number of esters is 1. The van der Waals surface area contributed by atoms with Crippen molar-refractivity contribution in [3.63, 3.8) is 0 Å². The summed E-state index contributed by atoms with van der Waals surface area (Å²) < 4.78 is 10.3. The molecule has 1 heterocycles. The minimum Gasteiger partial charge on any atom is -0.457 e. The predicted octanol–water partition coefficient (Wildman–Crippen LogP) is 2.81. The molecule has 0 atom stereocenters. The van der Waals surface area contributed by atoms with Gasteiger partial charge in [0.05, 0.1) is 6.20 Å². The van der Waals surface area contributed by atoms with E-state index in [1.54, 1.807) is 0 Å². The summed E-state index contributed by atoms with van der Waals surface area (Å²) in [5.41, 5.74) is 7.65. The molecule has 0 aliphatic rings. The van der Waals surface area contributed by atoms with Crippen LogP contribution in [0.3, 0.4) is 0 Å². The summed E-state index contributed by atoms with van der Waals surface area (Å²) in [6.07, 6.45) is 0.389. The van der Waals surface area contributed by atoms with Gasteiger partial charge in [0.25, 0.3) is 0 Å². The number of aromatic nitrogens is 2. The molecule has 1 aromatic heterocycles. The molecule has 8 nitrogen and oxygen atoms in total. The van der Waals surface area contributed by atoms with Gasteiger partial charge in [0.15, 0.2) is 5.84 Å². The van der Waals surface area contributed by atoms with Gasteiger partial charge in [0.1, 0.15) is 24.5 Å². The normalized spacial score (nSPS) is 11.1. The van der Waals surface area contributed by atoms with Gasteiger partial charge in [-0.25, -0.2) is 9.59 Å². The van der Waals surface area contributed by atoms with Crippen molar-refractivity contribution >= 4 is 17.9 Å². The van der Waals surface area contributed by atoms with E-state index >= 15 is 0 Å². The Bertz CT molecular complexity index is 968. The second-order valence-electron chi connectivity index (χ2n) is 5.76. The molecule has 28 heavy (non-hydrogen) atoms. The zero-order valence-corrected chi connectivity index (χ0v) is 14.9. The average Bonchev–Trinajstić information content (AvgIpc) is 3.22. The van der Waals surface area contributed by atoms with Crippen LogP contribution in [0, 0.1) is 0 Å². The summed E-state index contributed by atoms with van der Waals surface area (Å²) in [4.78, 5) is 27.8. The van der Waals surface area contributed by atoms with Gasteiger partial charge in [-0.15, -0.1) is 0 Å². The SMILES string of the molecule is NC(=NC(=O)OCc1ccccc1)c1[nH]ncc1C(=O)OCc1ccccc1. The number of nitrogens with two attached hydrogens (primary N) is 1. The number of hydrogen-bond acceptors (Lipinski definition) is 5. The number of aromatic amines is 1. The first kappa shape index (κ1) is 18.8. The van der Waals surface area contributed by atoms with Crippen LogP contribution in [-0.2, 0) is 22.7 Å². The summed E-state index contributed by atoms with van der Waals surface area (Å²) in [5.74, 6) is -0.856. The van der Waals surface area contributed by atoms with Crippen LogP contribution < -0.4 is 5.73 Å². The van der Waals surface area contributed by atoms with Crippen molar-refractivity contribution in [3.05, 3.63) is 89.2 Å². The van der Waals surface area contributed by atoms with Crippen molar-refractivity contribution < 1.29 is 19.1 Å². The first-order valence-electron chi connectivity index (χ1n) is 8.43. The van der Waals surface area contributed by atoms with Crippen LogP contribution in [0.15, 0.2) is 71.9 Å². The van der Waals surface area contributed by atoms with Gasteiger partial charge in [-0.05, 0) is 11.1 Å². The highest BCUT2D eigenvalue weighted by Crippen LogP contribution is 2.10. The highest BCUT2D eigenvalue weighted by molar-refractivity contribution is 6.08. The Kier molecular flexibility index (Phi) is 6.14. The Morgan fingerprint density at radius 3 is 2.11 bits per heavy atom. The lowest BCUT2D eigenvalue weighted by Crippen LogP contribution is -2.20. The molecule has 2 aromatic carbocycles. The fourth-order valence-corrected chi connectivity index (χ4v) is 2.34. The van der Waals surface area contributed by atoms with Crippen molar-refractivity contribution in [2.75, 3.05) is 0 Å². The van der Waals surface area contributed by atoms with Gasteiger partial charge in [-0.3, -0.25) is 5.10 Å². The van der Waals surface area contributed by atoms with Crippen molar-refractivity contribution in [3.8, 4) is 0 Å². The number of hydrogen-bond donors (Lipinski definition) is 2. The Hall–Kier alpha value is -3.94. The van der Waals surface area contributed by atoms with Crippen LogP contribution in [0.2, 0.25) is 0 Å². The lowest BCUT2D eigenvalue weighted by Gasteiger charge is -2.05.